The fraction of sp³-hybridized carbons (Fsp3) is 0.500. The lowest BCUT2D eigenvalue weighted by Crippen LogP contribution is -2.51. The van der Waals surface area contributed by atoms with Gasteiger partial charge in [-0.25, -0.2) is 0 Å². The Kier molecular flexibility index (Phi) is 4.88. The first-order chi connectivity index (χ1) is 9.36. The molecule has 20 heavy (non-hydrogen) atoms. The number of nitrogens with one attached hydrogen (secondary N) is 2. The molecule has 0 radical (unpaired) electrons. The van der Waals surface area contributed by atoms with Crippen molar-refractivity contribution in [1.82, 2.24) is 9.96 Å². The maximum Gasteiger partial charge on any atom is 0.147 e. The largest absolute Gasteiger partial charge is 0.411 e. The normalized spacial score (nSPS) is 18.9. The molecular weight excluding hydrogens is 276 g/mol. The molecule has 0 saturated heterocycles. The molecule has 0 spiro atoms. The maximum atomic E-state index is 3.85. The molecule has 4 heteroatoms. The molecule has 0 saturated carbocycles. The van der Waals surface area contributed by atoms with Gasteiger partial charge in [0.2, 0.25) is 0 Å². The van der Waals surface area contributed by atoms with Crippen LogP contribution in [0.5, 0.6) is 0 Å². The second-order valence-electron chi connectivity index (χ2n) is 7.13. The number of hydrogen-bond donors (Lipinski definition) is 2. The van der Waals surface area contributed by atoms with Crippen LogP contribution in [0.4, 0.5) is 0 Å². The van der Waals surface area contributed by atoms with Crippen LogP contribution in [0.1, 0.15) is 6.42 Å². The highest BCUT2D eigenvalue weighted by atomic mass is 28.3. The minimum atomic E-state index is -1.34. The molecule has 0 aromatic carbocycles. The Balaban J connectivity index is 1.81. The van der Waals surface area contributed by atoms with E-state index in [1.54, 1.807) is 0 Å². The quantitative estimate of drug-likeness (QED) is 0.697. The Morgan fingerprint density at radius 2 is 1.70 bits per heavy atom. The van der Waals surface area contributed by atoms with Crippen molar-refractivity contribution in [3.63, 3.8) is 0 Å². The zero-order chi connectivity index (χ0) is 14.6. The van der Waals surface area contributed by atoms with E-state index in [0.717, 1.165) is 6.42 Å². The van der Waals surface area contributed by atoms with E-state index in [1.165, 1.54) is 17.8 Å². The average Bonchev–Trinajstić information content (AvgIpc) is 2.99. The second-order valence-corrected chi connectivity index (χ2v) is 16.2. The summed E-state index contributed by atoms with van der Waals surface area (Å²) in [5.41, 5.74) is 1.34. The van der Waals surface area contributed by atoms with Crippen LogP contribution in [0, 0.1) is 0 Å². The van der Waals surface area contributed by atoms with Crippen molar-refractivity contribution in [1.29, 1.82) is 0 Å². The van der Waals surface area contributed by atoms with E-state index in [-0.39, 0.29) is 0 Å². The van der Waals surface area contributed by atoms with E-state index >= 15 is 0 Å². The molecule has 2 rings (SSSR count). The van der Waals surface area contributed by atoms with E-state index < -0.39 is 16.5 Å². The summed E-state index contributed by atoms with van der Waals surface area (Å²) in [4.78, 5) is 7.65. The molecular formula is C16H28N2Si2. The Labute approximate surface area is 125 Å². The lowest BCUT2D eigenvalue weighted by molar-refractivity contribution is 0.878. The van der Waals surface area contributed by atoms with Crippen LogP contribution in [0.25, 0.3) is 0 Å². The Bertz CT molecular complexity index is 447. The number of hydrogen-bond acceptors (Lipinski definition) is 2. The van der Waals surface area contributed by atoms with Crippen molar-refractivity contribution >= 4 is 16.5 Å². The van der Waals surface area contributed by atoms with Gasteiger partial charge in [0, 0.05) is 11.7 Å². The zero-order valence-corrected chi connectivity index (χ0v) is 15.2. The first-order valence-electron chi connectivity index (χ1n) is 7.64. The predicted octanol–water partition coefficient (Wildman–Crippen LogP) is 3.91. The van der Waals surface area contributed by atoms with Crippen molar-refractivity contribution < 1.29 is 0 Å². The number of allylic oxidation sites excluding steroid dienone is 5. The van der Waals surface area contributed by atoms with Gasteiger partial charge in [-0.1, -0.05) is 62.6 Å². The minimum absolute atomic E-state index is 0.467. The first-order valence-corrected chi connectivity index (χ1v) is 14.1. The lowest BCUT2D eigenvalue weighted by Gasteiger charge is -2.32. The van der Waals surface area contributed by atoms with Crippen LogP contribution in [0.2, 0.25) is 38.3 Å². The lowest BCUT2D eigenvalue weighted by atomic mass is 10.4. The van der Waals surface area contributed by atoms with Gasteiger partial charge >= 0.3 is 0 Å². The summed E-state index contributed by atoms with van der Waals surface area (Å²) in [6.07, 6.45) is 16.6. The van der Waals surface area contributed by atoms with Gasteiger partial charge in [0.05, 0.1) is 0 Å². The van der Waals surface area contributed by atoms with Gasteiger partial charge in [0.1, 0.15) is 16.5 Å². The molecule has 0 aromatic rings. The van der Waals surface area contributed by atoms with Gasteiger partial charge in [0.15, 0.2) is 0 Å². The third-order valence-corrected chi connectivity index (χ3v) is 9.51. The van der Waals surface area contributed by atoms with Gasteiger partial charge in [-0.2, -0.15) is 0 Å². The molecule has 0 unspecified atom stereocenters. The molecule has 0 fully saturated rings. The van der Waals surface area contributed by atoms with E-state index in [1.807, 2.05) is 0 Å². The van der Waals surface area contributed by atoms with E-state index in [4.69, 9.17) is 0 Å². The van der Waals surface area contributed by atoms with Crippen LogP contribution >= 0.6 is 0 Å². The standard InChI is InChI=1S/C16H28N2Si2/c1-19(2,17-15-9-5-6-10-15)13-14-20(3,4)18-16-11-7-8-12-16/h5-7,9-12,15,17-18H,8,13-14H2,1-4H3. The van der Waals surface area contributed by atoms with Crippen LogP contribution in [-0.2, 0) is 0 Å². The van der Waals surface area contributed by atoms with Crippen LogP contribution in [0.15, 0.2) is 48.2 Å². The maximum absolute atomic E-state index is 3.85. The van der Waals surface area contributed by atoms with Gasteiger partial charge in [-0.05, 0) is 24.6 Å². The Hall–Kier alpha value is -0.846. The van der Waals surface area contributed by atoms with Crippen molar-refractivity contribution in [2.45, 2.75) is 50.7 Å². The summed E-state index contributed by atoms with van der Waals surface area (Å²) >= 11 is 0. The van der Waals surface area contributed by atoms with Crippen molar-refractivity contribution in [2.24, 2.45) is 0 Å². The van der Waals surface area contributed by atoms with E-state index in [2.05, 4.69) is 78.7 Å². The third kappa shape index (κ3) is 4.92. The molecule has 110 valence electrons. The van der Waals surface area contributed by atoms with Gasteiger partial charge < -0.3 is 9.96 Å². The van der Waals surface area contributed by atoms with Crippen molar-refractivity contribution in [3.05, 3.63) is 48.2 Å². The highest BCUT2D eigenvalue weighted by Crippen LogP contribution is 2.20. The molecule has 0 aromatic heterocycles. The van der Waals surface area contributed by atoms with Gasteiger partial charge in [-0.15, -0.1) is 0 Å². The zero-order valence-electron chi connectivity index (χ0n) is 13.2. The summed E-state index contributed by atoms with van der Waals surface area (Å²) in [5, 5.41) is 0. The monoisotopic (exact) mass is 304 g/mol. The third-order valence-electron chi connectivity index (χ3n) is 3.93. The minimum Gasteiger partial charge on any atom is -0.411 e. The SMILES string of the molecule is C[Si](C)(CC[Si](C)(C)NC1C=CC=C1)NC1=CCC=C1. The summed E-state index contributed by atoms with van der Waals surface area (Å²) in [6.45, 7) is 9.79. The van der Waals surface area contributed by atoms with Crippen LogP contribution < -0.4 is 9.96 Å². The molecule has 2 N–H and O–H groups in total. The molecule has 0 aliphatic heterocycles. The van der Waals surface area contributed by atoms with Crippen molar-refractivity contribution in [2.75, 3.05) is 0 Å². The fourth-order valence-corrected chi connectivity index (χ4v) is 10.0. The highest BCUT2D eigenvalue weighted by molar-refractivity contribution is 6.80. The summed E-state index contributed by atoms with van der Waals surface area (Å²) < 4.78 is 0. The topological polar surface area (TPSA) is 24.1 Å². The van der Waals surface area contributed by atoms with Gasteiger partial charge in [0.25, 0.3) is 0 Å². The first kappa shape index (κ1) is 15.5. The molecule has 2 aliphatic rings. The van der Waals surface area contributed by atoms with E-state index in [9.17, 15) is 0 Å². The summed E-state index contributed by atoms with van der Waals surface area (Å²) in [5.74, 6) is 0. The molecule has 2 nitrogen and oxygen atoms in total. The summed E-state index contributed by atoms with van der Waals surface area (Å²) in [7, 11) is -2.67. The molecule has 0 atom stereocenters. The highest BCUT2D eigenvalue weighted by Gasteiger charge is 2.29. The Morgan fingerprint density at radius 1 is 1.05 bits per heavy atom. The molecule has 2 aliphatic carbocycles. The molecule has 0 amide bonds. The predicted molar refractivity (Wildman–Crippen MR) is 94.8 cm³/mol. The fourth-order valence-electron chi connectivity index (χ4n) is 2.68. The molecule has 0 bridgehead atoms. The number of rotatable bonds is 7. The molecule has 0 heterocycles. The Morgan fingerprint density at radius 3 is 2.30 bits per heavy atom. The van der Waals surface area contributed by atoms with Crippen LogP contribution in [-0.4, -0.2) is 22.5 Å². The van der Waals surface area contributed by atoms with Crippen molar-refractivity contribution in [3.8, 4) is 0 Å². The van der Waals surface area contributed by atoms with Crippen LogP contribution in [0.3, 0.4) is 0 Å². The second kappa shape index (κ2) is 6.28. The smallest absolute Gasteiger partial charge is 0.147 e. The van der Waals surface area contributed by atoms with Gasteiger partial charge in [-0.3, -0.25) is 0 Å². The van der Waals surface area contributed by atoms with E-state index in [0.29, 0.717) is 6.04 Å². The average molecular weight is 305 g/mol. The summed E-state index contributed by atoms with van der Waals surface area (Å²) in [6, 6.07) is 3.15.